The number of hydrogen-bond donors (Lipinski definition) is 2. The van der Waals surface area contributed by atoms with Gasteiger partial charge in [0.15, 0.2) is 5.25 Å². The molecule has 0 fully saturated rings. The SMILES string of the molecule is CC(C)CCCCCOC(=O)C(CC(=O)O)S(=O)(=O)O.[NaH]. The molecule has 0 rings (SSSR count). The van der Waals surface area contributed by atoms with E-state index < -0.39 is 33.7 Å². The molecule has 0 aliphatic carbocycles. The number of esters is 1. The molecule has 7 nitrogen and oxygen atoms in total. The topological polar surface area (TPSA) is 118 Å². The Morgan fingerprint density at radius 1 is 1.14 bits per heavy atom. The van der Waals surface area contributed by atoms with Gasteiger partial charge >= 0.3 is 41.5 Å². The van der Waals surface area contributed by atoms with E-state index in [-0.39, 0.29) is 36.2 Å². The van der Waals surface area contributed by atoms with Crippen LogP contribution < -0.4 is 0 Å². The number of aliphatic carboxylic acids is 1. The zero-order chi connectivity index (χ0) is 15.8. The number of carbonyl (C=O) groups is 2. The van der Waals surface area contributed by atoms with Gasteiger partial charge in [-0.05, 0) is 12.3 Å². The average molecular weight is 334 g/mol. The number of ether oxygens (including phenoxy) is 1. The fourth-order valence-electron chi connectivity index (χ4n) is 1.57. The maximum atomic E-state index is 11.4. The van der Waals surface area contributed by atoms with E-state index in [1.54, 1.807) is 0 Å². The van der Waals surface area contributed by atoms with Crippen LogP contribution >= 0.6 is 0 Å². The van der Waals surface area contributed by atoms with Gasteiger partial charge in [0.05, 0.1) is 13.0 Å². The summed E-state index contributed by atoms with van der Waals surface area (Å²) in [6, 6.07) is 0. The zero-order valence-electron chi connectivity index (χ0n) is 11.7. The first-order chi connectivity index (χ1) is 9.14. The predicted octanol–water partition coefficient (Wildman–Crippen LogP) is 0.829. The number of hydrogen-bond acceptors (Lipinski definition) is 5. The molecule has 0 aromatic carbocycles. The molecule has 1 unspecified atom stereocenters. The Labute approximate surface area is 147 Å². The summed E-state index contributed by atoms with van der Waals surface area (Å²) in [6.45, 7) is 4.22. The van der Waals surface area contributed by atoms with Crippen molar-refractivity contribution in [2.24, 2.45) is 5.92 Å². The summed E-state index contributed by atoms with van der Waals surface area (Å²) in [4.78, 5) is 21.9. The van der Waals surface area contributed by atoms with Crippen molar-refractivity contribution in [2.45, 2.75) is 51.2 Å². The second-order valence-electron chi connectivity index (χ2n) is 5.01. The van der Waals surface area contributed by atoms with E-state index in [0.29, 0.717) is 12.3 Å². The van der Waals surface area contributed by atoms with Crippen LogP contribution in [0.2, 0.25) is 0 Å². The molecule has 0 radical (unpaired) electrons. The number of unbranched alkanes of at least 4 members (excludes halogenated alkanes) is 2. The predicted molar refractivity (Wildman–Crippen MR) is 79.0 cm³/mol. The fraction of sp³-hybridized carbons (Fsp3) is 0.833. The van der Waals surface area contributed by atoms with Crippen molar-refractivity contribution >= 4 is 51.6 Å². The monoisotopic (exact) mass is 334 g/mol. The normalized spacial score (nSPS) is 12.6. The van der Waals surface area contributed by atoms with Crippen LogP contribution in [0.1, 0.15) is 46.0 Å². The van der Waals surface area contributed by atoms with Crippen molar-refractivity contribution in [3.05, 3.63) is 0 Å². The molecule has 0 saturated carbocycles. The van der Waals surface area contributed by atoms with Crippen LogP contribution in [-0.4, -0.2) is 71.4 Å². The van der Waals surface area contributed by atoms with Crippen LogP contribution in [0.5, 0.6) is 0 Å². The second-order valence-corrected chi connectivity index (χ2v) is 6.61. The molecule has 21 heavy (non-hydrogen) atoms. The van der Waals surface area contributed by atoms with Crippen molar-refractivity contribution < 1.29 is 32.4 Å². The van der Waals surface area contributed by atoms with Crippen LogP contribution in [0.25, 0.3) is 0 Å². The van der Waals surface area contributed by atoms with E-state index in [1.165, 1.54) is 0 Å². The molecule has 0 spiro atoms. The van der Waals surface area contributed by atoms with Gasteiger partial charge in [0, 0.05) is 0 Å². The fourth-order valence-corrected chi connectivity index (χ4v) is 2.23. The molecular formula is C12H23NaO7S. The van der Waals surface area contributed by atoms with Crippen LogP contribution in [0, 0.1) is 5.92 Å². The summed E-state index contributed by atoms with van der Waals surface area (Å²) < 4.78 is 35.3. The first-order valence-corrected chi connectivity index (χ1v) is 7.99. The Kier molecular flexibility index (Phi) is 12.6. The summed E-state index contributed by atoms with van der Waals surface area (Å²) in [6.07, 6.45) is 2.43. The van der Waals surface area contributed by atoms with Gasteiger partial charge in [0.2, 0.25) is 0 Å². The van der Waals surface area contributed by atoms with Gasteiger partial charge in [-0.3, -0.25) is 14.1 Å². The molecule has 0 aromatic heterocycles. The second kappa shape index (κ2) is 11.4. The zero-order valence-corrected chi connectivity index (χ0v) is 12.6. The molecule has 0 aliphatic rings. The molecule has 0 amide bonds. The Hall–Kier alpha value is -0.150. The Morgan fingerprint density at radius 3 is 2.14 bits per heavy atom. The van der Waals surface area contributed by atoms with E-state index in [1.807, 2.05) is 0 Å². The molecule has 0 aliphatic heterocycles. The molecule has 0 saturated heterocycles. The van der Waals surface area contributed by atoms with Crippen LogP contribution in [0.3, 0.4) is 0 Å². The van der Waals surface area contributed by atoms with Crippen LogP contribution in [0.15, 0.2) is 0 Å². The quantitative estimate of drug-likeness (QED) is 0.263. The van der Waals surface area contributed by atoms with Crippen LogP contribution in [0.4, 0.5) is 0 Å². The number of carbonyl (C=O) groups excluding carboxylic acids is 1. The van der Waals surface area contributed by atoms with Gasteiger partial charge in [-0.15, -0.1) is 0 Å². The third kappa shape index (κ3) is 12.1. The van der Waals surface area contributed by atoms with Crippen LogP contribution in [-0.2, 0) is 24.4 Å². The first kappa shape index (κ1) is 23.1. The summed E-state index contributed by atoms with van der Waals surface area (Å²) in [5.74, 6) is -2.13. The molecule has 9 heteroatoms. The third-order valence-corrected chi connectivity index (χ3v) is 3.73. The standard InChI is InChI=1S/C12H22O7S.Na.H/c1-9(2)6-4-3-5-7-19-12(15)10(8-11(13)14)20(16,17)18;;/h9-10H,3-8H2,1-2H3,(H,13,14)(H,16,17,18);;. The molecule has 0 aromatic rings. The number of carboxylic acids is 1. The van der Waals surface area contributed by atoms with Gasteiger partial charge < -0.3 is 9.84 Å². The summed E-state index contributed by atoms with van der Waals surface area (Å²) in [5, 5.41) is 6.45. The van der Waals surface area contributed by atoms with Crippen molar-refractivity contribution in [2.75, 3.05) is 6.61 Å². The first-order valence-electron chi connectivity index (χ1n) is 6.49. The van der Waals surface area contributed by atoms with Crippen molar-refractivity contribution in [3.8, 4) is 0 Å². The average Bonchev–Trinajstić information content (AvgIpc) is 2.28. The summed E-state index contributed by atoms with van der Waals surface area (Å²) >= 11 is 0. The molecule has 0 bridgehead atoms. The number of rotatable bonds is 10. The molecule has 120 valence electrons. The summed E-state index contributed by atoms with van der Waals surface area (Å²) in [7, 11) is -4.77. The van der Waals surface area contributed by atoms with E-state index in [0.717, 1.165) is 19.3 Å². The Morgan fingerprint density at radius 2 is 1.71 bits per heavy atom. The molecule has 2 N–H and O–H groups in total. The van der Waals surface area contributed by atoms with E-state index in [9.17, 15) is 18.0 Å². The van der Waals surface area contributed by atoms with Gasteiger partial charge in [0.1, 0.15) is 0 Å². The minimum absolute atomic E-state index is 0. The number of carboxylic acid groups (broad SMARTS) is 1. The van der Waals surface area contributed by atoms with Crippen molar-refractivity contribution in [3.63, 3.8) is 0 Å². The van der Waals surface area contributed by atoms with Gasteiger partial charge in [-0.25, -0.2) is 0 Å². The van der Waals surface area contributed by atoms with Gasteiger partial charge in [-0.2, -0.15) is 8.42 Å². The van der Waals surface area contributed by atoms with Crippen molar-refractivity contribution in [1.29, 1.82) is 0 Å². The minimum atomic E-state index is -4.77. The Bertz CT molecular complexity index is 419. The molecule has 1 atom stereocenters. The van der Waals surface area contributed by atoms with E-state index in [2.05, 4.69) is 13.8 Å². The van der Waals surface area contributed by atoms with Gasteiger partial charge in [-0.1, -0.05) is 33.1 Å². The van der Waals surface area contributed by atoms with E-state index in [4.69, 9.17) is 14.4 Å². The summed E-state index contributed by atoms with van der Waals surface area (Å²) in [5.41, 5.74) is 0. The van der Waals surface area contributed by atoms with E-state index >= 15 is 0 Å². The molecular weight excluding hydrogens is 311 g/mol. The van der Waals surface area contributed by atoms with Gasteiger partial charge in [0.25, 0.3) is 10.1 Å². The third-order valence-electron chi connectivity index (χ3n) is 2.65. The Balaban J connectivity index is 0. The van der Waals surface area contributed by atoms with Crippen molar-refractivity contribution in [1.82, 2.24) is 0 Å². The maximum absolute atomic E-state index is 11.4. The molecule has 0 heterocycles.